The Morgan fingerprint density at radius 2 is 2.18 bits per heavy atom. The minimum Gasteiger partial charge on any atom is -0.483 e. The van der Waals surface area contributed by atoms with Gasteiger partial charge in [-0.25, -0.2) is 5.43 Å². The van der Waals surface area contributed by atoms with Crippen molar-refractivity contribution in [2.45, 2.75) is 6.42 Å². The lowest BCUT2D eigenvalue weighted by atomic mass is 10.1. The highest BCUT2D eigenvalue weighted by Crippen LogP contribution is 2.18. The molecule has 0 saturated carbocycles. The molecule has 2 rings (SSSR count). The normalized spacial score (nSPS) is 10.4. The maximum absolute atomic E-state index is 11.7. The SMILES string of the molecule is C=CCc1ccccc1OCC(=O)N/N=C/c1cccnc1. The van der Waals surface area contributed by atoms with Crippen LogP contribution in [0.1, 0.15) is 11.1 Å². The lowest BCUT2D eigenvalue weighted by Gasteiger charge is -2.09. The number of nitrogens with zero attached hydrogens (tertiary/aromatic N) is 2. The van der Waals surface area contributed by atoms with Crippen LogP contribution in [0.3, 0.4) is 0 Å². The topological polar surface area (TPSA) is 63.6 Å². The van der Waals surface area contributed by atoms with Crippen LogP contribution in [0.15, 0.2) is 66.5 Å². The van der Waals surface area contributed by atoms with Crippen molar-refractivity contribution in [1.82, 2.24) is 10.4 Å². The van der Waals surface area contributed by atoms with Crippen molar-refractivity contribution in [3.05, 3.63) is 72.6 Å². The molecule has 1 N–H and O–H groups in total. The zero-order chi connectivity index (χ0) is 15.6. The van der Waals surface area contributed by atoms with Crippen LogP contribution < -0.4 is 10.2 Å². The molecule has 0 fully saturated rings. The summed E-state index contributed by atoms with van der Waals surface area (Å²) in [7, 11) is 0. The number of carbonyl (C=O) groups is 1. The van der Waals surface area contributed by atoms with Crippen LogP contribution in [0.25, 0.3) is 0 Å². The molecule has 22 heavy (non-hydrogen) atoms. The molecular weight excluding hydrogens is 278 g/mol. The van der Waals surface area contributed by atoms with Crippen molar-refractivity contribution < 1.29 is 9.53 Å². The second-order valence-electron chi connectivity index (χ2n) is 4.47. The fourth-order valence-corrected chi connectivity index (χ4v) is 1.78. The molecular formula is C17H17N3O2. The maximum atomic E-state index is 11.7. The number of pyridine rings is 1. The van der Waals surface area contributed by atoms with E-state index in [1.165, 1.54) is 6.21 Å². The summed E-state index contributed by atoms with van der Waals surface area (Å²) >= 11 is 0. The predicted molar refractivity (Wildman–Crippen MR) is 85.8 cm³/mol. The summed E-state index contributed by atoms with van der Waals surface area (Å²) in [5, 5.41) is 3.85. The Hall–Kier alpha value is -2.95. The van der Waals surface area contributed by atoms with Gasteiger partial charge in [0.15, 0.2) is 6.61 Å². The number of nitrogens with one attached hydrogen (secondary N) is 1. The Morgan fingerprint density at radius 3 is 2.95 bits per heavy atom. The van der Waals surface area contributed by atoms with Crippen LogP contribution in [-0.4, -0.2) is 23.7 Å². The summed E-state index contributed by atoms with van der Waals surface area (Å²) in [5.41, 5.74) is 4.21. The first-order valence-corrected chi connectivity index (χ1v) is 6.83. The fraction of sp³-hybridized carbons (Fsp3) is 0.118. The van der Waals surface area contributed by atoms with E-state index in [2.05, 4.69) is 22.1 Å². The molecule has 0 atom stereocenters. The third kappa shape index (κ3) is 4.86. The van der Waals surface area contributed by atoms with Gasteiger partial charge in [0.25, 0.3) is 5.91 Å². The molecule has 0 aliphatic carbocycles. The molecule has 112 valence electrons. The van der Waals surface area contributed by atoms with Crippen molar-refractivity contribution in [3.63, 3.8) is 0 Å². The van der Waals surface area contributed by atoms with Crippen molar-refractivity contribution in [2.75, 3.05) is 6.61 Å². The van der Waals surface area contributed by atoms with Gasteiger partial charge < -0.3 is 4.74 Å². The quantitative estimate of drug-likeness (QED) is 0.484. The number of hydrogen-bond acceptors (Lipinski definition) is 4. The third-order valence-corrected chi connectivity index (χ3v) is 2.78. The molecule has 0 aliphatic rings. The number of allylic oxidation sites excluding steroid dienone is 1. The molecule has 0 spiro atoms. The highest BCUT2D eigenvalue weighted by atomic mass is 16.5. The van der Waals surface area contributed by atoms with Gasteiger partial charge in [0.1, 0.15) is 5.75 Å². The zero-order valence-electron chi connectivity index (χ0n) is 12.1. The third-order valence-electron chi connectivity index (χ3n) is 2.78. The number of ether oxygens (including phenoxy) is 1. The van der Waals surface area contributed by atoms with Gasteiger partial charge in [-0.3, -0.25) is 9.78 Å². The van der Waals surface area contributed by atoms with E-state index >= 15 is 0 Å². The van der Waals surface area contributed by atoms with Crippen LogP contribution in [0.4, 0.5) is 0 Å². The molecule has 1 aromatic heterocycles. The number of carbonyl (C=O) groups excluding carboxylic acids is 1. The van der Waals surface area contributed by atoms with Crippen molar-refractivity contribution in [3.8, 4) is 5.75 Å². The van der Waals surface area contributed by atoms with Crippen molar-refractivity contribution in [2.24, 2.45) is 5.10 Å². The zero-order valence-corrected chi connectivity index (χ0v) is 12.1. The summed E-state index contributed by atoms with van der Waals surface area (Å²) in [5.74, 6) is 0.349. The number of rotatable bonds is 7. The number of amides is 1. The van der Waals surface area contributed by atoms with Crippen molar-refractivity contribution >= 4 is 12.1 Å². The molecule has 5 nitrogen and oxygen atoms in total. The van der Waals surface area contributed by atoms with Crippen LogP contribution >= 0.6 is 0 Å². The molecule has 2 aromatic rings. The number of benzene rings is 1. The molecule has 1 amide bonds. The van der Waals surface area contributed by atoms with Gasteiger partial charge >= 0.3 is 0 Å². The maximum Gasteiger partial charge on any atom is 0.277 e. The van der Waals surface area contributed by atoms with E-state index in [0.717, 1.165) is 11.1 Å². The largest absolute Gasteiger partial charge is 0.483 e. The van der Waals surface area contributed by atoms with E-state index in [0.29, 0.717) is 12.2 Å². The number of aromatic nitrogens is 1. The predicted octanol–water partition coefficient (Wildman–Crippen LogP) is 2.34. The molecule has 0 radical (unpaired) electrons. The minimum atomic E-state index is -0.325. The summed E-state index contributed by atoms with van der Waals surface area (Å²) in [4.78, 5) is 15.6. The van der Waals surface area contributed by atoms with E-state index < -0.39 is 0 Å². The summed E-state index contributed by atoms with van der Waals surface area (Å²) < 4.78 is 5.51. The van der Waals surface area contributed by atoms with Gasteiger partial charge in [0.2, 0.25) is 0 Å². The Bertz CT molecular complexity index is 654. The lowest BCUT2D eigenvalue weighted by Crippen LogP contribution is -2.24. The number of para-hydroxylation sites is 1. The standard InChI is InChI=1S/C17H17N3O2/c1-2-6-15-8-3-4-9-16(15)22-13-17(21)20-19-12-14-7-5-10-18-11-14/h2-5,7-12H,1,6,13H2,(H,20,21)/b19-12+. The first-order valence-electron chi connectivity index (χ1n) is 6.83. The second kappa shape index (κ2) is 8.36. The van der Waals surface area contributed by atoms with Crippen LogP contribution in [0.2, 0.25) is 0 Å². The highest BCUT2D eigenvalue weighted by Gasteiger charge is 2.04. The molecule has 0 unspecified atom stereocenters. The minimum absolute atomic E-state index is 0.0987. The summed E-state index contributed by atoms with van der Waals surface area (Å²) in [6, 6.07) is 11.2. The van der Waals surface area contributed by atoms with E-state index in [1.54, 1.807) is 24.5 Å². The second-order valence-corrected chi connectivity index (χ2v) is 4.47. The first kappa shape index (κ1) is 15.4. The summed E-state index contributed by atoms with van der Waals surface area (Å²) in [6.07, 6.45) is 7.33. The van der Waals surface area contributed by atoms with Gasteiger partial charge in [-0.05, 0) is 24.1 Å². The average Bonchev–Trinajstić information content (AvgIpc) is 2.55. The molecule has 0 bridgehead atoms. The number of hydrazone groups is 1. The van der Waals surface area contributed by atoms with E-state index in [4.69, 9.17) is 4.74 Å². The van der Waals surface area contributed by atoms with Gasteiger partial charge in [-0.15, -0.1) is 6.58 Å². The Balaban J connectivity index is 1.83. The highest BCUT2D eigenvalue weighted by molar-refractivity contribution is 5.82. The molecule has 5 heteroatoms. The van der Waals surface area contributed by atoms with Crippen LogP contribution in [0, 0.1) is 0 Å². The van der Waals surface area contributed by atoms with E-state index in [9.17, 15) is 4.79 Å². The van der Waals surface area contributed by atoms with Gasteiger partial charge in [-0.2, -0.15) is 5.10 Å². The fourth-order valence-electron chi connectivity index (χ4n) is 1.78. The van der Waals surface area contributed by atoms with E-state index in [1.807, 2.05) is 30.3 Å². The van der Waals surface area contributed by atoms with Crippen LogP contribution in [0.5, 0.6) is 5.75 Å². The molecule has 1 heterocycles. The average molecular weight is 295 g/mol. The van der Waals surface area contributed by atoms with Gasteiger partial charge in [0, 0.05) is 18.0 Å². The Kier molecular flexibility index (Phi) is 5.87. The lowest BCUT2D eigenvalue weighted by molar-refractivity contribution is -0.123. The van der Waals surface area contributed by atoms with Gasteiger partial charge in [-0.1, -0.05) is 30.3 Å². The van der Waals surface area contributed by atoms with Gasteiger partial charge in [0.05, 0.1) is 6.21 Å². The van der Waals surface area contributed by atoms with E-state index in [-0.39, 0.29) is 12.5 Å². The smallest absolute Gasteiger partial charge is 0.277 e. The van der Waals surface area contributed by atoms with Crippen molar-refractivity contribution in [1.29, 1.82) is 0 Å². The molecule has 1 aromatic carbocycles. The molecule has 0 saturated heterocycles. The summed E-state index contributed by atoms with van der Waals surface area (Å²) in [6.45, 7) is 3.60. The van der Waals surface area contributed by atoms with Crippen LogP contribution in [-0.2, 0) is 11.2 Å². The Labute approximate surface area is 129 Å². The molecule has 0 aliphatic heterocycles. The Morgan fingerprint density at radius 1 is 1.32 bits per heavy atom. The first-order chi connectivity index (χ1) is 10.8. The monoisotopic (exact) mass is 295 g/mol. The number of hydrogen-bond donors (Lipinski definition) is 1.